The second-order valence-electron chi connectivity index (χ2n) is 26.4. The van der Waals surface area contributed by atoms with Crippen LogP contribution in [0.3, 0.4) is 0 Å². The molecule has 6 aromatic heterocycles. The summed E-state index contributed by atoms with van der Waals surface area (Å²) in [5.41, 5.74) is 28.8. The second kappa shape index (κ2) is 22.4. The lowest BCUT2D eigenvalue weighted by Crippen LogP contribution is -2.29. The number of fused-ring (bicyclic) bond motifs is 9. The molecule has 16 heterocycles. The molecule has 3 aliphatic carbocycles. The predicted octanol–water partition coefficient (Wildman–Crippen LogP) is 20.8. The molecular formula is C90H63N9. The molecular weight excluding hydrogens is 1210 g/mol. The first kappa shape index (κ1) is 57.7. The summed E-state index contributed by atoms with van der Waals surface area (Å²) in [5, 5.41) is 0. The van der Waals surface area contributed by atoms with E-state index in [1.54, 1.807) is 0 Å². The average Bonchev–Trinajstić information content (AvgIpc) is 1.56. The van der Waals surface area contributed by atoms with E-state index >= 15 is 0 Å². The molecule has 28 rings (SSSR count). The van der Waals surface area contributed by atoms with Crippen LogP contribution in [0.25, 0.3) is 34.2 Å². The molecule has 3 spiro atoms. The van der Waals surface area contributed by atoms with Gasteiger partial charge >= 0.3 is 0 Å². The third kappa shape index (κ3) is 8.53. The van der Waals surface area contributed by atoms with Crippen LogP contribution in [0.1, 0.15) is 83.5 Å². The van der Waals surface area contributed by atoms with Gasteiger partial charge < -0.3 is 14.7 Å². The topological polar surface area (TPSA) is 87.1 Å². The van der Waals surface area contributed by atoms with E-state index in [4.69, 9.17) is 29.9 Å². The van der Waals surface area contributed by atoms with E-state index in [1.165, 1.54) is 16.7 Å². The first-order valence-corrected chi connectivity index (χ1v) is 33.8. The Kier molecular flexibility index (Phi) is 13.1. The van der Waals surface area contributed by atoms with Crippen molar-refractivity contribution in [2.24, 2.45) is 0 Å². The van der Waals surface area contributed by atoms with E-state index in [9.17, 15) is 0 Å². The van der Waals surface area contributed by atoms with Gasteiger partial charge in [0.15, 0.2) is 0 Å². The smallest absolute Gasteiger partial charge is 0.0937 e. The molecule has 0 atom stereocenters. The van der Waals surface area contributed by atoms with Gasteiger partial charge in [-0.1, -0.05) is 162 Å². The van der Waals surface area contributed by atoms with Crippen molar-refractivity contribution in [2.75, 3.05) is 14.7 Å². The minimum atomic E-state index is -0.787. The van der Waals surface area contributed by atoms with Crippen LogP contribution in [0.2, 0.25) is 0 Å². The van der Waals surface area contributed by atoms with Crippen molar-refractivity contribution in [3.8, 4) is 34.2 Å². The Labute approximate surface area is 575 Å². The lowest BCUT2D eigenvalue weighted by Gasteiger charge is -2.36. The molecule has 12 bridgehead atoms. The molecule has 0 unspecified atom stereocenters. The minimum absolute atomic E-state index is 0.787. The van der Waals surface area contributed by atoms with Gasteiger partial charge in [0.2, 0.25) is 0 Å². The molecule has 0 saturated carbocycles. The fourth-order valence-corrected chi connectivity index (χ4v) is 16.8. The van der Waals surface area contributed by atoms with Crippen LogP contribution in [-0.2, 0) is 16.2 Å². The van der Waals surface area contributed by atoms with E-state index in [-0.39, 0.29) is 0 Å². The van der Waals surface area contributed by atoms with Crippen LogP contribution in [-0.4, -0.2) is 29.9 Å². The number of aryl methyl sites for hydroxylation is 3. The summed E-state index contributed by atoms with van der Waals surface area (Å²) in [5.74, 6) is 0. The minimum Gasteiger partial charge on any atom is -0.311 e. The lowest BCUT2D eigenvalue weighted by molar-refractivity contribution is 0.763. The first-order chi connectivity index (χ1) is 48.8. The van der Waals surface area contributed by atoms with Crippen LogP contribution in [0, 0.1) is 20.8 Å². The quantitative estimate of drug-likeness (QED) is 0.172. The van der Waals surface area contributed by atoms with Crippen molar-refractivity contribution >= 4 is 51.2 Å². The molecule has 10 aliphatic heterocycles. The molecule has 0 radical (unpaired) electrons. The first-order valence-electron chi connectivity index (χ1n) is 33.8. The zero-order valence-electron chi connectivity index (χ0n) is 54.7. The summed E-state index contributed by atoms with van der Waals surface area (Å²) in [6.07, 6.45) is 11.3. The number of hydrogen-bond donors (Lipinski definition) is 0. The van der Waals surface area contributed by atoms with Gasteiger partial charge in [-0.2, -0.15) is 0 Å². The van der Waals surface area contributed by atoms with Crippen molar-refractivity contribution in [2.45, 2.75) is 37.0 Å². The highest BCUT2D eigenvalue weighted by Crippen LogP contribution is 2.59. The predicted molar refractivity (Wildman–Crippen MR) is 397 cm³/mol. The molecule has 9 heteroatoms. The van der Waals surface area contributed by atoms with Crippen molar-refractivity contribution in [3.63, 3.8) is 0 Å². The van der Waals surface area contributed by atoms with Gasteiger partial charge in [-0.25, -0.2) is 0 Å². The van der Waals surface area contributed by atoms with Gasteiger partial charge in [-0.3, -0.25) is 29.9 Å². The molecule has 0 N–H and O–H groups in total. The summed E-state index contributed by atoms with van der Waals surface area (Å²) < 4.78 is 0. The number of benzene rings is 9. The fourth-order valence-electron chi connectivity index (χ4n) is 16.8. The van der Waals surface area contributed by atoms with E-state index in [2.05, 4.69) is 327 Å². The molecule has 15 aromatic rings. The van der Waals surface area contributed by atoms with Gasteiger partial charge in [0.1, 0.15) is 0 Å². The normalized spacial score (nSPS) is 14.4. The highest BCUT2D eigenvalue weighted by atomic mass is 15.2. The maximum Gasteiger partial charge on any atom is 0.0937 e. The zero-order valence-corrected chi connectivity index (χ0v) is 54.7. The molecule has 468 valence electrons. The molecule has 13 aliphatic rings. The van der Waals surface area contributed by atoms with Crippen LogP contribution in [0.5, 0.6) is 0 Å². The number of hydrogen-bond acceptors (Lipinski definition) is 9. The molecule has 9 nitrogen and oxygen atoms in total. The van der Waals surface area contributed by atoms with Crippen molar-refractivity contribution in [1.29, 1.82) is 0 Å². The van der Waals surface area contributed by atoms with Gasteiger partial charge in [0.25, 0.3) is 0 Å². The van der Waals surface area contributed by atoms with Crippen LogP contribution >= 0.6 is 0 Å². The Balaban J connectivity index is 0.859. The highest BCUT2D eigenvalue weighted by Gasteiger charge is 2.51. The maximum absolute atomic E-state index is 5.11. The zero-order chi connectivity index (χ0) is 66.0. The van der Waals surface area contributed by atoms with Crippen molar-refractivity contribution in [1.82, 2.24) is 29.9 Å². The van der Waals surface area contributed by atoms with E-state index in [1.807, 2.05) is 37.2 Å². The number of anilines is 9. The lowest BCUT2D eigenvalue weighted by atomic mass is 9.68. The van der Waals surface area contributed by atoms with Crippen LogP contribution in [0.4, 0.5) is 51.2 Å². The third-order valence-corrected chi connectivity index (χ3v) is 21.2. The Morgan fingerprint density at radius 1 is 0.182 bits per heavy atom. The molecule has 0 saturated heterocycles. The number of rotatable bonds is 3. The number of aromatic nitrogens is 6. The van der Waals surface area contributed by atoms with E-state index < -0.39 is 16.2 Å². The molecule has 0 fully saturated rings. The Bertz CT molecular complexity index is 4780. The van der Waals surface area contributed by atoms with Gasteiger partial charge in [-0.05, 0) is 233 Å². The Hall–Kier alpha value is -12.7. The Morgan fingerprint density at radius 3 is 0.475 bits per heavy atom. The monoisotopic (exact) mass is 1270 g/mol. The summed E-state index contributed by atoms with van der Waals surface area (Å²) >= 11 is 0. The maximum atomic E-state index is 5.11. The largest absolute Gasteiger partial charge is 0.311 e. The van der Waals surface area contributed by atoms with Crippen molar-refractivity contribution in [3.05, 3.63) is 412 Å². The Morgan fingerprint density at radius 2 is 0.323 bits per heavy atom. The van der Waals surface area contributed by atoms with Gasteiger partial charge in [0.05, 0.1) is 50.4 Å². The molecule has 99 heavy (non-hydrogen) atoms. The summed E-state index contributed by atoms with van der Waals surface area (Å²) in [6.45, 7) is 6.43. The molecule has 0 amide bonds. The van der Waals surface area contributed by atoms with Gasteiger partial charge in [0, 0.05) is 88.4 Å². The number of pyridine rings is 6. The van der Waals surface area contributed by atoms with Crippen molar-refractivity contribution < 1.29 is 0 Å². The van der Waals surface area contributed by atoms with Gasteiger partial charge in [-0.15, -0.1) is 0 Å². The molecule has 9 aromatic carbocycles. The summed E-state index contributed by atoms with van der Waals surface area (Å²) in [6, 6.07) is 107. The van der Waals surface area contributed by atoms with Crippen LogP contribution in [0.15, 0.2) is 328 Å². The van der Waals surface area contributed by atoms with E-state index in [0.717, 1.165) is 152 Å². The highest BCUT2D eigenvalue weighted by molar-refractivity contribution is 5.89. The standard InChI is InChI=1S/C90H63N9/c1-58-16-34-67(35-17-58)97-70-40-22-61(23-41-70)88(76-10-4-52-91-82(76)83-77(88)11-5-53-92-83)63-26-44-72(45-27-63)98(68-36-18-59(2)19-37-68)74-48-30-65(31-49-74)90(80-14-8-56-95-86(80)87-81(90)15-9-57-96-87)66-32-50-75(51-33-66)99(69-38-20-60(3)21-39-69)73-46-28-64(29-47-73)89(62-24-42-71(97)43-25-62)78-12-6-54-93-84(78)85-79(89)13-7-55-94-85/h4-57H,1-3H3. The average molecular weight is 1270 g/mol. The van der Waals surface area contributed by atoms with Crippen LogP contribution < -0.4 is 14.7 Å². The number of nitrogens with zero attached hydrogens (tertiary/aromatic N) is 9. The second-order valence-corrected chi connectivity index (χ2v) is 26.4. The third-order valence-electron chi connectivity index (χ3n) is 21.2. The summed E-state index contributed by atoms with van der Waals surface area (Å²) in [4.78, 5) is 37.8. The SMILES string of the molecule is Cc1ccc(N2c3ccc(cc3)C3(c4ccc(cc4)N(c4ccc(C)cc4)c4ccc(cc4)C4(c5ccc(cc5)N(c5ccc(C)cc5)c5ccc(cc5)C5(c6ccc2cc6)c2cccnc2-c2ncccc25)c2cccnc2-c2ncccc24)c2cccnc2-c2ncccc23)cc1. The summed E-state index contributed by atoms with van der Waals surface area (Å²) in [7, 11) is 0. The fraction of sp³-hybridized carbons (Fsp3) is 0.0667. The van der Waals surface area contributed by atoms with E-state index in [0.29, 0.717) is 0 Å².